The molecule has 0 rings (SSSR count). The maximum Gasteiger partial charge on any atom is 0 e. The Hall–Kier alpha value is 2.65. The third-order valence-electron chi connectivity index (χ3n) is 0. The van der Waals surface area contributed by atoms with Crippen molar-refractivity contribution < 1.29 is 35.6 Å². The molecule has 0 aliphatic heterocycles. The molecule has 0 aromatic rings. The van der Waals surface area contributed by atoms with Gasteiger partial charge in [0.05, 0.1) is 0 Å². The molecule has 42 valence electrons. The Balaban J connectivity index is -0.0000000800. The van der Waals surface area contributed by atoms with Crippen molar-refractivity contribution in [1.29, 1.82) is 0 Å². The van der Waals surface area contributed by atoms with Crippen LogP contribution in [0.2, 0.25) is 0 Å². The molecule has 0 spiro atoms. The van der Waals surface area contributed by atoms with E-state index in [4.69, 9.17) is 14.4 Å². The third kappa shape index (κ3) is 54.4. The Morgan fingerprint density at radius 2 is 1.43 bits per heavy atom. The van der Waals surface area contributed by atoms with Crippen molar-refractivity contribution >= 4 is 76.8 Å². The first-order valence-corrected chi connectivity index (χ1v) is 2.25. The average Bonchev–Trinajstić information content (AvgIpc) is 0.722. The summed E-state index contributed by atoms with van der Waals surface area (Å²) >= 11 is 0. The van der Waals surface area contributed by atoms with Gasteiger partial charge in [-0.1, -0.05) is 0 Å². The number of hydrogen-bond donors (Lipinski definition) is 2. The van der Waals surface area contributed by atoms with Crippen molar-refractivity contribution in [3.05, 3.63) is 0 Å². The van der Waals surface area contributed by atoms with Crippen LogP contribution in [0.25, 0.3) is 0 Å². The standard InChI is InChI=1S/Cs.FH2O3P.Fe.H/c;1-5(2,3)4;;/h;(H2,2,3,4);;. The minimum Gasteiger partial charge on any atom is 0 e. The molecule has 0 heterocycles. The molecule has 2 N–H and O–H groups in total. The van der Waals surface area contributed by atoms with Crippen molar-refractivity contribution in [3.63, 3.8) is 0 Å². The van der Waals surface area contributed by atoms with Gasteiger partial charge in [0.25, 0.3) is 0 Å². The maximum atomic E-state index is 10.4. The van der Waals surface area contributed by atoms with Crippen LogP contribution in [0.3, 0.4) is 0 Å². The van der Waals surface area contributed by atoms with Crippen LogP contribution in [0.5, 0.6) is 0 Å². The summed E-state index contributed by atoms with van der Waals surface area (Å²) in [5.41, 5.74) is 0. The third-order valence-corrected chi connectivity index (χ3v) is 0. The van der Waals surface area contributed by atoms with Gasteiger partial charge >= 0.3 is 76.8 Å². The quantitative estimate of drug-likeness (QED) is 0.462. The van der Waals surface area contributed by atoms with Crippen molar-refractivity contribution in [2.24, 2.45) is 0 Å². The van der Waals surface area contributed by atoms with E-state index in [-0.39, 0.29) is 86.0 Å². The van der Waals surface area contributed by atoms with E-state index in [2.05, 4.69) is 0 Å². The Morgan fingerprint density at radius 1 is 1.43 bits per heavy atom. The molecular weight excluding hydrogens is 287 g/mol. The van der Waals surface area contributed by atoms with Crippen LogP contribution in [-0.2, 0) is 21.6 Å². The molecular formula is H3CsFFeO3P. The van der Waals surface area contributed by atoms with Crippen LogP contribution in [0.15, 0.2) is 0 Å². The molecule has 7 heavy (non-hydrogen) atoms. The second-order valence-corrected chi connectivity index (χ2v) is 1.42. The molecule has 0 atom stereocenters. The molecule has 0 radical (unpaired) electrons. The van der Waals surface area contributed by atoms with Crippen molar-refractivity contribution in [1.82, 2.24) is 0 Å². The normalized spacial score (nSPS) is 8.43. The zero-order valence-corrected chi connectivity index (χ0v) is 4.48. The predicted octanol–water partition coefficient (Wildman–Crippen LogP) is -0.602. The second-order valence-electron chi connectivity index (χ2n) is 0.473. The second kappa shape index (κ2) is 6.77. The van der Waals surface area contributed by atoms with E-state index in [9.17, 15) is 4.20 Å². The zero-order chi connectivity index (χ0) is 4.50. The van der Waals surface area contributed by atoms with Gasteiger partial charge in [0, 0.05) is 17.1 Å². The average molecular weight is 290 g/mol. The van der Waals surface area contributed by atoms with Crippen LogP contribution >= 0.6 is 7.91 Å². The molecule has 0 saturated heterocycles. The SMILES string of the molecule is O=P(O)(O)F.[CsH].[Fe]. The van der Waals surface area contributed by atoms with Crippen LogP contribution in [0.4, 0.5) is 4.20 Å². The van der Waals surface area contributed by atoms with Crippen molar-refractivity contribution in [2.45, 2.75) is 0 Å². The summed E-state index contributed by atoms with van der Waals surface area (Å²) in [6.07, 6.45) is 0. The molecule has 0 unspecified atom stereocenters. The molecule has 0 aromatic heterocycles. The van der Waals surface area contributed by atoms with Gasteiger partial charge < -0.3 is 0 Å². The molecule has 0 aliphatic carbocycles. The summed E-state index contributed by atoms with van der Waals surface area (Å²) in [5.74, 6) is 0. The van der Waals surface area contributed by atoms with Crippen LogP contribution < -0.4 is 0 Å². The summed E-state index contributed by atoms with van der Waals surface area (Å²) in [4.78, 5) is 13.9. The van der Waals surface area contributed by atoms with E-state index in [0.29, 0.717) is 0 Å². The number of rotatable bonds is 0. The molecule has 0 aliphatic rings. The van der Waals surface area contributed by atoms with Gasteiger partial charge in [-0.2, -0.15) is 0 Å². The number of hydrogen-bond acceptors (Lipinski definition) is 1. The van der Waals surface area contributed by atoms with E-state index in [0.717, 1.165) is 0 Å². The van der Waals surface area contributed by atoms with Crippen LogP contribution in [0.1, 0.15) is 0 Å². The Bertz CT molecular complexity index is 61.1. The summed E-state index contributed by atoms with van der Waals surface area (Å²) in [7, 11) is -5.14. The zero-order valence-electron chi connectivity index (χ0n) is 2.48. The van der Waals surface area contributed by atoms with Gasteiger partial charge in [0.1, 0.15) is 0 Å². The summed E-state index contributed by atoms with van der Waals surface area (Å²) in [6, 6.07) is 0. The maximum absolute atomic E-state index is 10.4. The molecule has 0 aromatic carbocycles. The van der Waals surface area contributed by atoms with E-state index in [1.54, 1.807) is 0 Å². The van der Waals surface area contributed by atoms with Crippen LogP contribution in [0, 0.1) is 0 Å². The minimum absolute atomic E-state index is 0. The monoisotopic (exact) mass is 290 g/mol. The van der Waals surface area contributed by atoms with E-state index >= 15 is 0 Å². The first-order chi connectivity index (χ1) is 2.00. The largest absolute Gasteiger partial charge is 0 e. The van der Waals surface area contributed by atoms with Gasteiger partial charge in [-0.25, -0.2) is 4.57 Å². The van der Waals surface area contributed by atoms with Gasteiger partial charge in [0.2, 0.25) is 0 Å². The van der Waals surface area contributed by atoms with Gasteiger partial charge in [-0.15, -0.1) is 4.20 Å². The van der Waals surface area contributed by atoms with Gasteiger partial charge in [-0.3, -0.25) is 9.79 Å². The van der Waals surface area contributed by atoms with Crippen molar-refractivity contribution in [3.8, 4) is 0 Å². The Kier molecular flexibility index (Phi) is 15.8. The fourth-order valence-corrected chi connectivity index (χ4v) is 0. The predicted molar refractivity (Wildman–Crippen MR) is 20.3 cm³/mol. The van der Waals surface area contributed by atoms with E-state index < -0.39 is 7.91 Å². The van der Waals surface area contributed by atoms with Crippen molar-refractivity contribution in [2.75, 3.05) is 0 Å². The topological polar surface area (TPSA) is 57.5 Å². The first-order valence-electron chi connectivity index (χ1n) is 0.752. The Labute approximate surface area is 110 Å². The summed E-state index contributed by atoms with van der Waals surface area (Å²) in [5, 5.41) is 0. The van der Waals surface area contributed by atoms with E-state index in [1.807, 2.05) is 0 Å². The smallest absolute Gasteiger partial charge is 0 e. The molecule has 0 saturated carbocycles. The summed E-state index contributed by atoms with van der Waals surface area (Å²) in [6.45, 7) is 0. The van der Waals surface area contributed by atoms with E-state index in [1.165, 1.54) is 0 Å². The summed E-state index contributed by atoms with van der Waals surface area (Å²) < 4.78 is 19.0. The molecule has 7 heteroatoms. The molecule has 3 nitrogen and oxygen atoms in total. The minimum atomic E-state index is -5.14. The number of halogens is 1. The van der Waals surface area contributed by atoms with Gasteiger partial charge in [0.15, 0.2) is 0 Å². The Morgan fingerprint density at radius 3 is 1.43 bits per heavy atom. The van der Waals surface area contributed by atoms with Gasteiger partial charge in [-0.05, 0) is 0 Å². The fourth-order valence-electron chi connectivity index (χ4n) is 0. The van der Waals surface area contributed by atoms with Crippen LogP contribution in [-0.4, -0.2) is 78.7 Å². The fraction of sp³-hybridized carbons (Fsp3) is 0. The molecule has 0 fully saturated rings. The first kappa shape index (κ1) is 16.3. The molecule has 0 amide bonds. The molecule has 0 bridgehead atoms.